The second kappa shape index (κ2) is 7.07. The lowest BCUT2D eigenvalue weighted by Gasteiger charge is -2.42. The van der Waals surface area contributed by atoms with Gasteiger partial charge in [0, 0.05) is 38.6 Å². The van der Waals surface area contributed by atoms with Gasteiger partial charge in [-0.25, -0.2) is 0 Å². The molecule has 0 aromatic rings. The largest absolute Gasteiger partial charge is 0.394 e. The number of piperidine rings is 1. The third kappa shape index (κ3) is 4.94. The van der Waals surface area contributed by atoms with Gasteiger partial charge < -0.3 is 14.7 Å². The van der Waals surface area contributed by atoms with E-state index in [0.717, 1.165) is 39.0 Å². The molecule has 0 saturated carbocycles. The Morgan fingerprint density at radius 3 is 2.48 bits per heavy atom. The van der Waals surface area contributed by atoms with Gasteiger partial charge in [0.15, 0.2) is 0 Å². The molecule has 0 unspecified atom stereocenters. The van der Waals surface area contributed by atoms with Crippen LogP contribution in [0.1, 0.15) is 40.0 Å². The maximum absolute atomic E-state index is 12.3. The molecule has 5 heteroatoms. The normalized spacial score (nSPS) is 26.1. The summed E-state index contributed by atoms with van der Waals surface area (Å²) in [5.41, 5.74) is 0.0620. The van der Waals surface area contributed by atoms with Crippen LogP contribution in [-0.2, 0) is 9.53 Å². The number of rotatable bonds is 3. The van der Waals surface area contributed by atoms with Crippen LogP contribution in [0.5, 0.6) is 0 Å². The van der Waals surface area contributed by atoms with Crippen molar-refractivity contribution in [3.63, 3.8) is 0 Å². The number of hydrogen-bond donors (Lipinski definition) is 1. The van der Waals surface area contributed by atoms with Crippen molar-refractivity contribution in [1.82, 2.24) is 9.80 Å². The maximum atomic E-state index is 12.3. The van der Waals surface area contributed by atoms with Crippen LogP contribution in [-0.4, -0.2) is 72.4 Å². The van der Waals surface area contributed by atoms with E-state index in [2.05, 4.69) is 25.7 Å². The summed E-state index contributed by atoms with van der Waals surface area (Å²) < 4.78 is 5.51. The summed E-state index contributed by atoms with van der Waals surface area (Å²) in [5.74, 6) is 0.288. The molecule has 0 bridgehead atoms. The van der Waals surface area contributed by atoms with Crippen molar-refractivity contribution < 1.29 is 14.6 Å². The molecule has 0 aromatic heterocycles. The van der Waals surface area contributed by atoms with Crippen LogP contribution in [0.3, 0.4) is 0 Å². The SMILES string of the molecule is CC(C)(C)CC(=O)N1CCC(N2CCO[C@@H](CO)C2)CC1. The Balaban J connectivity index is 1.79. The first-order chi connectivity index (χ1) is 9.89. The Morgan fingerprint density at radius 1 is 1.24 bits per heavy atom. The van der Waals surface area contributed by atoms with Gasteiger partial charge in [0.2, 0.25) is 5.91 Å². The van der Waals surface area contributed by atoms with E-state index in [1.54, 1.807) is 0 Å². The molecule has 1 N–H and O–H groups in total. The molecule has 5 nitrogen and oxygen atoms in total. The van der Waals surface area contributed by atoms with E-state index >= 15 is 0 Å². The van der Waals surface area contributed by atoms with Crippen molar-refractivity contribution in [3.05, 3.63) is 0 Å². The van der Waals surface area contributed by atoms with Gasteiger partial charge in [0.1, 0.15) is 0 Å². The number of carbonyl (C=O) groups is 1. The summed E-state index contributed by atoms with van der Waals surface area (Å²) in [6.45, 7) is 10.6. The summed E-state index contributed by atoms with van der Waals surface area (Å²) in [4.78, 5) is 16.7. The fourth-order valence-electron chi connectivity index (χ4n) is 3.23. The Bertz CT molecular complexity index is 346. The minimum absolute atomic E-state index is 0.0423. The van der Waals surface area contributed by atoms with E-state index in [4.69, 9.17) is 4.74 Å². The molecule has 2 fully saturated rings. The van der Waals surface area contributed by atoms with Gasteiger partial charge in [-0.2, -0.15) is 0 Å². The van der Waals surface area contributed by atoms with E-state index in [9.17, 15) is 9.90 Å². The zero-order chi connectivity index (χ0) is 15.5. The highest BCUT2D eigenvalue weighted by Gasteiger charge is 2.31. The average molecular weight is 298 g/mol. The van der Waals surface area contributed by atoms with E-state index in [1.807, 2.05) is 4.90 Å². The first-order valence-electron chi connectivity index (χ1n) is 8.13. The Morgan fingerprint density at radius 2 is 1.90 bits per heavy atom. The van der Waals surface area contributed by atoms with E-state index in [0.29, 0.717) is 19.1 Å². The number of amides is 1. The van der Waals surface area contributed by atoms with E-state index < -0.39 is 0 Å². The predicted molar refractivity (Wildman–Crippen MR) is 82.1 cm³/mol. The van der Waals surface area contributed by atoms with E-state index in [-0.39, 0.29) is 24.0 Å². The zero-order valence-electron chi connectivity index (χ0n) is 13.7. The van der Waals surface area contributed by atoms with Crippen LogP contribution in [0.15, 0.2) is 0 Å². The Kier molecular flexibility index (Phi) is 5.63. The van der Waals surface area contributed by atoms with Gasteiger partial charge >= 0.3 is 0 Å². The topological polar surface area (TPSA) is 53.0 Å². The van der Waals surface area contributed by atoms with Crippen LogP contribution >= 0.6 is 0 Å². The third-order valence-electron chi connectivity index (χ3n) is 4.39. The van der Waals surface area contributed by atoms with Crippen molar-refractivity contribution in [3.8, 4) is 0 Å². The number of likely N-dealkylation sites (tertiary alicyclic amines) is 1. The number of carbonyl (C=O) groups excluding carboxylic acids is 1. The summed E-state index contributed by atoms with van der Waals surface area (Å²) in [7, 11) is 0. The molecule has 2 aliphatic heterocycles. The van der Waals surface area contributed by atoms with Crippen LogP contribution < -0.4 is 0 Å². The van der Waals surface area contributed by atoms with Crippen LogP contribution in [0.4, 0.5) is 0 Å². The van der Waals surface area contributed by atoms with Crippen molar-refractivity contribution >= 4 is 5.91 Å². The lowest BCUT2D eigenvalue weighted by atomic mass is 9.91. The van der Waals surface area contributed by atoms with Crippen molar-refractivity contribution in [1.29, 1.82) is 0 Å². The molecule has 0 radical (unpaired) electrons. The zero-order valence-corrected chi connectivity index (χ0v) is 13.7. The molecule has 0 aromatic carbocycles. The van der Waals surface area contributed by atoms with Gasteiger partial charge in [0.25, 0.3) is 0 Å². The molecular formula is C16H30N2O3. The molecule has 0 aliphatic carbocycles. The first-order valence-corrected chi connectivity index (χ1v) is 8.13. The second-order valence-electron chi connectivity index (χ2n) is 7.52. The molecule has 2 heterocycles. The van der Waals surface area contributed by atoms with Gasteiger partial charge in [-0.1, -0.05) is 20.8 Å². The van der Waals surface area contributed by atoms with E-state index in [1.165, 1.54) is 0 Å². The van der Waals surface area contributed by atoms with Gasteiger partial charge in [-0.3, -0.25) is 9.69 Å². The molecule has 122 valence electrons. The number of nitrogens with zero attached hydrogens (tertiary/aromatic N) is 2. The van der Waals surface area contributed by atoms with Gasteiger partial charge in [0.05, 0.1) is 19.3 Å². The highest BCUT2D eigenvalue weighted by Crippen LogP contribution is 2.23. The number of aliphatic hydroxyl groups excluding tert-OH is 1. The lowest BCUT2D eigenvalue weighted by molar-refractivity contribution is -0.135. The average Bonchev–Trinajstić information content (AvgIpc) is 2.46. The number of ether oxygens (including phenoxy) is 1. The summed E-state index contributed by atoms with van der Waals surface area (Å²) in [6, 6.07) is 0.529. The monoisotopic (exact) mass is 298 g/mol. The number of morpholine rings is 1. The quantitative estimate of drug-likeness (QED) is 0.848. The van der Waals surface area contributed by atoms with Crippen LogP contribution in [0.2, 0.25) is 0 Å². The lowest BCUT2D eigenvalue weighted by Crippen LogP contribution is -2.53. The minimum atomic E-state index is -0.0423. The third-order valence-corrected chi connectivity index (χ3v) is 4.39. The molecular weight excluding hydrogens is 268 g/mol. The van der Waals surface area contributed by atoms with Gasteiger partial charge in [-0.05, 0) is 18.3 Å². The second-order valence-corrected chi connectivity index (χ2v) is 7.52. The van der Waals surface area contributed by atoms with Crippen LogP contribution in [0.25, 0.3) is 0 Å². The first kappa shape index (κ1) is 16.7. The molecule has 1 amide bonds. The van der Waals surface area contributed by atoms with Crippen LogP contribution in [0, 0.1) is 5.41 Å². The smallest absolute Gasteiger partial charge is 0.223 e. The summed E-state index contributed by atoms with van der Waals surface area (Å²) >= 11 is 0. The Hall–Kier alpha value is -0.650. The van der Waals surface area contributed by atoms with Gasteiger partial charge in [-0.15, -0.1) is 0 Å². The molecule has 21 heavy (non-hydrogen) atoms. The predicted octanol–water partition coefficient (Wildman–Crippen LogP) is 1.11. The maximum Gasteiger partial charge on any atom is 0.223 e. The molecule has 1 atom stereocenters. The minimum Gasteiger partial charge on any atom is -0.394 e. The summed E-state index contributed by atoms with van der Waals surface area (Å²) in [6.07, 6.45) is 2.66. The molecule has 2 aliphatic rings. The highest BCUT2D eigenvalue weighted by molar-refractivity contribution is 5.76. The fourth-order valence-corrected chi connectivity index (χ4v) is 3.23. The summed E-state index contributed by atoms with van der Waals surface area (Å²) in [5, 5.41) is 9.23. The molecule has 0 spiro atoms. The van der Waals surface area contributed by atoms with Crippen molar-refractivity contribution in [2.75, 3.05) is 39.4 Å². The fraction of sp³-hybridized carbons (Fsp3) is 0.938. The van der Waals surface area contributed by atoms with Crippen molar-refractivity contribution in [2.45, 2.75) is 52.2 Å². The van der Waals surface area contributed by atoms with Crippen molar-refractivity contribution in [2.24, 2.45) is 5.41 Å². The molecule has 2 rings (SSSR count). The standard InChI is InChI=1S/C16H30N2O3/c1-16(2,3)10-15(20)17-6-4-13(5-7-17)18-8-9-21-14(11-18)12-19/h13-14,19H,4-12H2,1-3H3/t14-/m1/s1. The number of hydrogen-bond acceptors (Lipinski definition) is 4. The molecule has 2 saturated heterocycles. The number of aliphatic hydroxyl groups is 1. The Labute approximate surface area is 128 Å². The highest BCUT2D eigenvalue weighted by atomic mass is 16.5.